The third-order valence-electron chi connectivity index (χ3n) is 4.27. The fraction of sp³-hybridized carbons (Fsp3) is 0.571. The van der Waals surface area contributed by atoms with Crippen LogP contribution in [0.2, 0.25) is 0 Å². The van der Waals surface area contributed by atoms with Crippen LogP contribution in [0.5, 0.6) is 0 Å². The van der Waals surface area contributed by atoms with Crippen molar-refractivity contribution in [3.63, 3.8) is 0 Å². The van der Waals surface area contributed by atoms with Gasteiger partial charge >= 0.3 is 6.03 Å². The number of aryl methyl sites for hydroxylation is 1. The highest BCUT2D eigenvalue weighted by Gasteiger charge is 2.32. The normalized spacial score (nSPS) is 20.0. The van der Waals surface area contributed by atoms with Gasteiger partial charge in [-0.1, -0.05) is 0 Å². The number of urea groups is 1. The van der Waals surface area contributed by atoms with E-state index in [-0.39, 0.29) is 18.0 Å². The summed E-state index contributed by atoms with van der Waals surface area (Å²) in [5.74, 6) is 0.0625. The number of piperidine rings is 1. The van der Waals surface area contributed by atoms with Gasteiger partial charge in [-0.25, -0.2) is 4.79 Å². The second kappa shape index (κ2) is 5.71. The highest BCUT2D eigenvalue weighted by Crippen LogP contribution is 2.21. The van der Waals surface area contributed by atoms with E-state index >= 15 is 0 Å². The number of rotatable bonds is 2. The van der Waals surface area contributed by atoms with E-state index in [0.717, 1.165) is 30.4 Å². The molecule has 114 valence electrons. The standard InChI is InChI=1S/C14H19BrN4O2/c1-17-9-10(15)8-12(17)13(20)18-5-2-11(3-6-18)19-7-4-16-14(19)21/h8-9,11H,2-7H2,1H3,(H,16,21). The second-order valence-electron chi connectivity index (χ2n) is 5.60. The lowest BCUT2D eigenvalue weighted by Crippen LogP contribution is -2.48. The Morgan fingerprint density at radius 1 is 1.33 bits per heavy atom. The molecule has 1 aromatic rings. The largest absolute Gasteiger partial charge is 0.345 e. The van der Waals surface area contributed by atoms with Crippen LogP contribution in [0.15, 0.2) is 16.7 Å². The highest BCUT2D eigenvalue weighted by atomic mass is 79.9. The van der Waals surface area contributed by atoms with Gasteiger partial charge in [-0.15, -0.1) is 0 Å². The van der Waals surface area contributed by atoms with E-state index in [9.17, 15) is 9.59 Å². The summed E-state index contributed by atoms with van der Waals surface area (Å²) in [7, 11) is 1.87. The molecule has 2 aliphatic rings. The molecular formula is C14H19BrN4O2. The Hall–Kier alpha value is -1.50. The molecule has 6 nitrogen and oxygen atoms in total. The average Bonchev–Trinajstić information content (AvgIpc) is 3.04. The monoisotopic (exact) mass is 354 g/mol. The molecule has 2 saturated heterocycles. The van der Waals surface area contributed by atoms with Crippen LogP contribution in [0.4, 0.5) is 4.79 Å². The number of hydrogen-bond acceptors (Lipinski definition) is 2. The first-order valence-electron chi connectivity index (χ1n) is 7.22. The van der Waals surface area contributed by atoms with Crippen molar-refractivity contribution in [2.24, 2.45) is 7.05 Å². The minimum atomic E-state index is 0.0335. The Morgan fingerprint density at radius 2 is 2.05 bits per heavy atom. The van der Waals surface area contributed by atoms with Crippen molar-refractivity contribution in [3.05, 3.63) is 22.4 Å². The molecule has 21 heavy (non-hydrogen) atoms. The van der Waals surface area contributed by atoms with Crippen LogP contribution in [-0.4, -0.2) is 58.5 Å². The first kappa shape index (κ1) is 14.4. The summed E-state index contributed by atoms with van der Waals surface area (Å²) in [6, 6.07) is 2.14. The van der Waals surface area contributed by atoms with Gasteiger partial charge in [-0.3, -0.25) is 4.79 Å². The molecule has 0 spiro atoms. The van der Waals surface area contributed by atoms with E-state index in [1.54, 1.807) is 0 Å². The predicted molar refractivity (Wildman–Crippen MR) is 82.1 cm³/mol. The third kappa shape index (κ3) is 2.79. The number of nitrogens with one attached hydrogen (secondary N) is 1. The fourth-order valence-corrected chi connectivity index (χ4v) is 3.64. The molecule has 0 atom stereocenters. The SMILES string of the molecule is Cn1cc(Br)cc1C(=O)N1CCC(N2CCNC2=O)CC1. The van der Waals surface area contributed by atoms with Crippen molar-refractivity contribution in [1.29, 1.82) is 0 Å². The Labute approximate surface area is 132 Å². The highest BCUT2D eigenvalue weighted by molar-refractivity contribution is 9.10. The Morgan fingerprint density at radius 3 is 2.57 bits per heavy atom. The number of amides is 3. The van der Waals surface area contributed by atoms with E-state index in [1.807, 2.05) is 33.7 Å². The summed E-state index contributed by atoms with van der Waals surface area (Å²) in [5.41, 5.74) is 0.694. The first-order valence-corrected chi connectivity index (χ1v) is 8.01. The van der Waals surface area contributed by atoms with E-state index in [2.05, 4.69) is 21.2 Å². The van der Waals surface area contributed by atoms with Gasteiger partial charge in [0, 0.05) is 49.9 Å². The Balaban J connectivity index is 1.62. The zero-order chi connectivity index (χ0) is 15.0. The van der Waals surface area contributed by atoms with Crippen molar-refractivity contribution in [2.45, 2.75) is 18.9 Å². The van der Waals surface area contributed by atoms with Gasteiger partial charge in [-0.2, -0.15) is 0 Å². The number of carbonyl (C=O) groups is 2. The predicted octanol–water partition coefficient (Wildman–Crippen LogP) is 1.42. The molecule has 2 fully saturated rings. The smallest absolute Gasteiger partial charge is 0.317 e. The average molecular weight is 355 g/mol. The molecule has 0 saturated carbocycles. The molecule has 7 heteroatoms. The van der Waals surface area contributed by atoms with Gasteiger partial charge in [0.05, 0.1) is 0 Å². The van der Waals surface area contributed by atoms with Crippen LogP contribution in [0.25, 0.3) is 0 Å². The lowest BCUT2D eigenvalue weighted by molar-refractivity contribution is 0.0657. The van der Waals surface area contributed by atoms with Gasteiger partial charge in [0.1, 0.15) is 5.69 Å². The number of hydrogen-bond donors (Lipinski definition) is 1. The van der Waals surface area contributed by atoms with Crippen LogP contribution in [-0.2, 0) is 7.05 Å². The minimum Gasteiger partial charge on any atom is -0.345 e. The Bertz CT molecular complexity index is 563. The quantitative estimate of drug-likeness (QED) is 0.872. The lowest BCUT2D eigenvalue weighted by Gasteiger charge is -2.36. The zero-order valence-electron chi connectivity index (χ0n) is 12.0. The van der Waals surface area contributed by atoms with Gasteiger partial charge < -0.3 is 19.7 Å². The molecule has 0 unspecified atom stereocenters. The molecular weight excluding hydrogens is 336 g/mol. The van der Waals surface area contributed by atoms with Crippen LogP contribution >= 0.6 is 15.9 Å². The molecule has 3 amide bonds. The van der Waals surface area contributed by atoms with Crippen molar-refractivity contribution >= 4 is 27.9 Å². The summed E-state index contributed by atoms with van der Waals surface area (Å²) in [5, 5.41) is 2.83. The number of carbonyl (C=O) groups excluding carboxylic acids is 2. The molecule has 0 aromatic carbocycles. The number of halogens is 1. The number of aromatic nitrogens is 1. The van der Waals surface area contributed by atoms with Crippen molar-refractivity contribution in [3.8, 4) is 0 Å². The van der Waals surface area contributed by atoms with Gasteiger partial charge in [0.2, 0.25) is 0 Å². The van der Waals surface area contributed by atoms with Crippen LogP contribution in [0, 0.1) is 0 Å². The second-order valence-corrected chi connectivity index (χ2v) is 6.52. The molecule has 1 N–H and O–H groups in total. The summed E-state index contributed by atoms with van der Waals surface area (Å²) >= 11 is 3.39. The lowest BCUT2D eigenvalue weighted by atomic mass is 10.0. The van der Waals surface area contributed by atoms with E-state index in [4.69, 9.17) is 0 Å². The van der Waals surface area contributed by atoms with Crippen LogP contribution < -0.4 is 5.32 Å². The molecule has 0 bridgehead atoms. The number of nitrogens with zero attached hydrogens (tertiary/aromatic N) is 3. The topological polar surface area (TPSA) is 57.6 Å². The number of likely N-dealkylation sites (tertiary alicyclic amines) is 1. The van der Waals surface area contributed by atoms with E-state index in [1.165, 1.54) is 0 Å². The summed E-state index contributed by atoms with van der Waals surface area (Å²) < 4.78 is 2.75. The van der Waals surface area contributed by atoms with E-state index in [0.29, 0.717) is 18.8 Å². The zero-order valence-corrected chi connectivity index (χ0v) is 13.6. The first-order chi connectivity index (χ1) is 10.1. The molecule has 3 rings (SSSR count). The summed E-state index contributed by atoms with van der Waals surface area (Å²) in [6.45, 7) is 2.92. The van der Waals surface area contributed by atoms with Gasteiger partial charge in [0.15, 0.2) is 0 Å². The molecule has 0 aliphatic carbocycles. The molecule has 1 aromatic heterocycles. The van der Waals surface area contributed by atoms with Gasteiger partial charge in [0.25, 0.3) is 5.91 Å². The third-order valence-corrected chi connectivity index (χ3v) is 4.71. The Kier molecular flexibility index (Phi) is 3.93. The molecule has 0 radical (unpaired) electrons. The van der Waals surface area contributed by atoms with Crippen molar-refractivity contribution in [1.82, 2.24) is 19.7 Å². The summed E-state index contributed by atoms with van der Waals surface area (Å²) in [6.07, 6.45) is 3.59. The molecule has 2 aliphatic heterocycles. The maximum atomic E-state index is 12.5. The van der Waals surface area contributed by atoms with Crippen LogP contribution in [0.1, 0.15) is 23.3 Å². The van der Waals surface area contributed by atoms with Crippen molar-refractivity contribution in [2.75, 3.05) is 26.2 Å². The van der Waals surface area contributed by atoms with Crippen LogP contribution in [0.3, 0.4) is 0 Å². The van der Waals surface area contributed by atoms with Crippen molar-refractivity contribution < 1.29 is 9.59 Å². The minimum absolute atomic E-state index is 0.0335. The van der Waals surface area contributed by atoms with Gasteiger partial charge in [-0.05, 0) is 34.8 Å². The summed E-state index contributed by atoms with van der Waals surface area (Å²) in [4.78, 5) is 28.0. The molecule has 3 heterocycles. The van der Waals surface area contributed by atoms with E-state index < -0.39 is 0 Å². The maximum absolute atomic E-state index is 12.5. The maximum Gasteiger partial charge on any atom is 0.317 e. The fourth-order valence-electron chi connectivity index (χ4n) is 3.11.